The zero-order valence-electron chi connectivity index (χ0n) is 19.4. The topological polar surface area (TPSA) is 61.4 Å². The summed E-state index contributed by atoms with van der Waals surface area (Å²) in [6, 6.07) is 11.4. The number of benzene rings is 2. The molecule has 0 bridgehead atoms. The zero-order chi connectivity index (χ0) is 24.2. The van der Waals surface area contributed by atoms with Crippen molar-refractivity contribution in [3.63, 3.8) is 0 Å². The van der Waals surface area contributed by atoms with Crippen LogP contribution in [0.2, 0.25) is 0 Å². The normalized spacial score (nSPS) is 17.1. The number of aryl methyl sites for hydroxylation is 2. The lowest BCUT2D eigenvalue weighted by Crippen LogP contribution is -2.48. The number of halogens is 2. The van der Waals surface area contributed by atoms with E-state index in [9.17, 15) is 18.7 Å². The summed E-state index contributed by atoms with van der Waals surface area (Å²) in [6.45, 7) is 3.73. The maximum absolute atomic E-state index is 13.6. The first-order chi connectivity index (χ1) is 16.3. The summed E-state index contributed by atoms with van der Waals surface area (Å²) in [6.07, 6.45) is 2.23. The molecule has 0 aliphatic heterocycles. The Morgan fingerprint density at radius 2 is 1.94 bits per heavy atom. The molecule has 1 heterocycles. The lowest BCUT2D eigenvalue weighted by atomic mass is 9.86. The standard InChI is InChI=1S/C27H30F2N2O2S/c1-16-8-9-34-27(16)20-7-6-19-4-3-5-24(23(19)13-20)30-15-26(33)25(31-17(2)32)12-18-10-21(28)14-22(29)11-18/h6-11,13-14,24-26,30,33H,3-5,12,15H2,1-2H3,(H,31,32)/t24?,25-,26-/m0/s1. The maximum atomic E-state index is 13.6. The summed E-state index contributed by atoms with van der Waals surface area (Å²) in [5.74, 6) is -1.67. The second-order valence-corrected chi connectivity index (χ2v) is 9.97. The van der Waals surface area contributed by atoms with Crippen LogP contribution < -0.4 is 10.6 Å². The minimum Gasteiger partial charge on any atom is -0.390 e. The van der Waals surface area contributed by atoms with Gasteiger partial charge in [-0.15, -0.1) is 11.3 Å². The number of hydrogen-bond acceptors (Lipinski definition) is 4. The van der Waals surface area contributed by atoms with Gasteiger partial charge in [0.05, 0.1) is 12.1 Å². The van der Waals surface area contributed by atoms with Crippen molar-refractivity contribution in [2.24, 2.45) is 0 Å². The highest BCUT2D eigenvalue weighted by molar-refractivity contribution is 7.13. The Morgan fingerprint density at radius 3 is 2.62 bits per heavy atom. The van der Waals surface area contributed by atoms with E-state index in [1.165, 1.54) is 46.2 Å². The van der Waals surface area contributed by atoms with Crippen molar-refractivity contribution < 1.29 is 18.7 Å². The molecule has 1 amide bonds. The van der Waals surface area contributed by atoms with E-state index in [0.717, 1.165) is 25.3 Å². The number of rotatable bonds is 8. The largest absolute Gasteiger partial charge is 0.390 e. The number of aliphatic hydroxyl groups excluding tert-OH is 1. The second kappa shape index (κ2) is 10.8. The van der Waals surface area contributed by atoms with Gasteiger partial charge >= 0.3 is 0 Å². The smallest absolute Gasteiger partial charge is 0.217 e. The first kappa shape index (κ1) is 24.5. The third kappa shape index (κ3) is 5.90. The van der Waals surface area contributed by atoms with Crippen LogP contribution in [-0.4, -0.2) is 29.7 Å². The van der Waals surface area contributed by atoms with Gasteiger partial charge in [-0.1, -0.05) is 12.1 Å². The lowest BCUT2D eigenvalue weighted by Gasteiger charge is -2.30. The quantitative estimate of drug-likeness (QED) is 0.418. The molecule has 2 aromatic carbocycles. The molecule has 1 unspecified atom stereocenters. The van der Waals surface area contributed by atoms with Crippen LogP contribution in [0.15, 0.2) is 47.8 Å². The summed E-state index contributed by atoms with van der Waals surface area (Å²) >= 11 is 1.73. The van der Waals surface area contributed by atoms with Gasteiger partial charge in [0, 0.05) is 30.5 Å². The fourth-order valence-corrected chi connectivity index (χ4v) is 5.68. The Bertz CT molecular complexity index is 1140. The summed E-state index contributed by atoms with van der Waals surface area (Å²) < 4.78 is 27.3. The number of fused-ring (bicyclic) bond motifs is 1. The van der Waals surface area contributed by atoms with Crippen molar-refractivity contribution in [2.75, 3.05) is 6.54 Å². The van der Waals surface area contributed by atoms with E-state index in [-0.39, 0.29) is 24.9 Å². The first-order valence-corrected chi connectivity index (χ1v) is 12.5. The molecular formula is C27H30F2N2O2S. The van der Waals surface area contributed by atoms with Gasteiger partial charge in [-0.3, -0.25) is 4.79 Å². The summed E-state index contributed by atoms with van der Waals surface area (Å²) in [5, 5.41) is 19.2. The van der Waals surface area contributed by atoms with Gasteiger partial charge < -0.3 is 15.7 Å². The predicted octanol–water partition coefficient (Wildman–Crippen LogP) is 5.08. The average Bonchev–Trinajstić information content (AvgIpc) is 3.21. The molecule has 0 saturated heterocycles. The number of nitrogens with one attached hydrogen (secondary N) is 2. The van der Waals surface area contributed by atoms with Gasteiger partial charge in [-0.25, -0.2) is 8.78 Å². The molecule has 34 heavy (non-hydrogen) atoms. The van der Waals surface area contributed by atoms with Gasteiger partial charge in [-0.2, -0.15) is 0 Å². The molecule has 7 heteroatoms. The predicted molar refractivity (Wildman–Crippen MR) is 132 cm³/mol. The van der Waals surface area contributed by atoms with Crippen LogP contribution in [0.3, 0.4) is 0 Å². The molecule has 0 spiro atoms. The van der Waals surface area contributed by atoms with Gasteiger partial charge in [0.2, 0.25) is 5.91 Å². The van der Waals surface area contributed by atoms with Gasteiger partial charge in [0.1, 0.15) is 11.6 Å². The number of aliphatic hydroxyl groups is 1. The summed E-state index contributed by atoms with van der Waals surface area (Å²) in [7, 11) is 0. The van der Waals surface area contributed by atoms with Crippen LogP contribution in [0, 0.1) is 18.6 Å². The first-order valence-electron chi connectivity index (χ1n) is 11.6. The number of amides is 1. The van der Waals surface area contributed by atoms with Crippen LogP contribution in [0.1, 0.15) is 48.1 Å². The molecule has 1 aliphatic rings. The molecule has 1 aromatic heterocycles. The van der Waals surface area contributed by atoms with Crippen molar-refractivity contribution in [3.05, 3.63) is 81.7 Å². The SMILES string of the molecule is CC(=O)N[C@@H](Cc1cc(F)cc(F)c1)[C@@H](O)CNC1CCCc2ccc(-c3sccc3C)cc21. The molecule has 3 N–H and O–H groups in total. The van der Waals surface area contributed by atoms with Crippen molar-refractivity contribution in [1.29, 1.82) is 0 Å². The lowest BCUT2D eigenvalue weighted by molar-refractivity contribution is -0.120. The molecule has 0 saturated carbocycles. The van der Waals surface area contributed by atoms with E-state index in [1.54, 1.807) is 11.3 Å². The second-order valence-electron chi connectivity index (χ2n) is 9.06. The number of carbonyl (C=O) groups is 1. The Balaban J connectivity index is 1.48. The molecular weight excluding hydrogens is 454 g/mol. The average molecular weight is 485 g/mol. The Kier molecular flexibility index (Phi) is 7.76. The molecule has 4 rings (SSSR count). The third-order valence-electron chi connectivity index (χ3n) is 6.39. The van der Waals surface area contributed by atoms with Crippen molar-refractivity contribution in [1.82, 2.24) is 10.6 Å². The highest BCUT2D eigenvalue weighted by Gasteiger charge is 2.25. The van der Waals surface area contributed by atoms with Gasteiger partial charge in [-0.05, 0) is 90.1 Å². The van der Waals surface area contributed by atoms with Crippen LogP contribution in [0.5, 0.6) is 0 Å². The fraction of sp³-hybridized carbons (Fsp3) is 0.370. The molecule has 3 aromatic rings. The Morgan fingerprint density at radius 1 is 1.18 bits per heavy atom. The van der Waals surface area contributed by atoms with E-state index >= 15 is 0 Å². The Labute approximate surface area is 203 Å². The van der Waals surface area contributed by atoms with Crippen molar-refractivity contribution in [3.8, 4) is 10.4 Å². The third-order valence-corrected chi connectivity index (χ3v) is 7.45. The van der Waals surface area contributed by atoms with E-state index in [2.05, 4.69) is 47.2 Å². The number of thiophene rings is 1. The summed E-state index contributed by atoms with van der Waals surface area (Å²) in [5.41, 5.74) is 5.39. The van der Waals surface area contributed by atoms with Crippen LogP contribution in [0.4, 0.5) is 8.78 Å². The monoisotopic (exact) mass is 484 g/mol. The molecule has 4 nitrogen and oxygen atoms in total. The number of hydrogen-bond donors (Lipinski definition) is 3. The molecule has 3 atom stereocenters. The van der Waals surface area contributed by atoms with E-state index in [0.29, 0.717) is 5.56 Å². The summed E-state index contributed by atoms with van der Waals surface area (Å²) in [4.78, 5) is 13.0. The van der Waals surface area contributed by atoms with Crippen LogP contribution in [0.25, 0.3) is 10.4 Å². The van der Waals surface area contributed by atoms with Gasteiger partial charge in [0.25, 0.3) is 0 Å². The minimum absolute atomic E-state index is 0.0863. The van der Waals surface area contributed by atoms with Crippen molar-refractivity contribution in [2.45, 2.75) is 57.7 Å². The maximum Gasteiger partial charge on any atom is 0.217 e. The molecule has 180 valence electrons. The van der Waals surface area contributed by atoms with E-state index in [1.807, 2.05) is 0 Å². The molecule has 1 aliphatic carbocycles. The highest BCUT2D eigenvalue weighted by atomic mass is 32.1. The highest BCUT2D eigenvalue weighted by Crippen LogP contribution is 2.36. The zero-order valence-corrected chi connectivity index (χ0v) is 20.2. The fourth-order valence-electron chi connectivity index (χ4n) is 4.75. The molecule has 0 radical (unpaired) electrons. The van der Waals surface area contributed by atoms with Crippen LogP contribution in [-0.2, 0) is 17.6 Å². The van der Waals surface area contributed by atoms with E-state index < -0.39 is 23.8 Å². The molecule has 0 fully saturated rings. The van der Waals surface area contributed by atoms with Gasteiger partial charge in [0.15, 0.2) is 0 Å². The van der Waals surface area contributed by atoms with E-state index in [4.69, 9.17) is 0 Å². The number of carbonyl (C=O) groups excluding carboxylic acids is 1. The van der Waals surface area contributed by atoms with Crippen molar-refractivity contribution >= 4 is 17.2 Å². The Hall–Kier alpha value is -2.61. The van der Waals surface area contributed by atoms with Crippen LogP contribution >= 0.6 is 11.3 Å². The minimum atomic E-state index is -0.927.